The van der Waals surface area contributed by atoms with Gasteiger partial charge in [0.1, 0.15) is 17.9 Å². The van der Waals surface area contributed by atoms with Crippen molar-refractivity contribution in [3.05, 3.63) is 113 Å². The van der Waals surface area contributed by atoms with Crippen LogP contribution in [0.4, 0.5) is 4.79 Å². The van der Waals surface area contributed by atoms with Crippen molar-refractivity contribution < 1.29 is 23.5 Å². The average molecular weight is 429 g/mol. The summed E-state index contributed by atoms with van der Waals surface area (Å²) in [6.07, 6.45) is -0.760. The number of fused-ring (bicyclic) bond motifs is 1. The fourth-order valence-electron chi connectivity index (χ4n) is 3.09. The van der Waals surface area contributed by atoms with E-state index in [1.54, 1.807) is 48.5 Å². The Bertz CT molecular complexity index is 1280. The maximum absolute atomic E-state index is 12.9. The lowest BCUT2D eigenvalue weighted by molar-refractivity contribution is -0.136. The Morgan fingerprint density at radius 3 is 2.31 bits per heavy atom. The zero-order valence-electron chi connectivity index (χ0n) is 16.9. The summed E-state index contributed by atoms with van der Waals surface area (Å²) in [7, 11) is 0. The van der Waals surface area contributed by atoms with E-state index in [2.05, 4.69) is 5.32 Å². The number of esters is 1. The van der Waals surface area contributed by atoms with Crippen molar-refractivity contribution in [1.29, 1.82) is 0 Å². The van der Waals surface area contributed by atoms with Crippen molar-refractivity contribution in [2.75, 3.05) is 0 Å². The number of benzene rings is 3. The van der Waals surface area contributed by atoms with E-state index in [4.69, 9.17) is 13.9 Å². The van der Waals surface area contributed by atoms with Crippen LogP contribution in [0.5, 0.6) is 5.75 Å². The van der Waals surface area contributed by atoms with E-state index in [1.807, 2.05) is 30.3 Å². The molecule has 0 aliphatic rings. The first-order valence-corrected chi connectivity index (χ1v) is 9.86. The van der Waals surface area contributed by atoms with Crippen molar-refractivity contribution >= 4 is 23.0 Å². The van der Waals surface area contributed by atoms with E-state index >= 15 is 0 Å². The number of ether oxygens (including phenoxy) is 2. The van der Waals surface area contributed by atoms with E-state index in [-0.39, 0.29) is 17.9 Å². The van der Waals surface area contributed by atoms with Gasteiger partial charge in [0.05, 0.1) is 0 Å². The molecule has 1 aromatic heterocycles. The second-order valence-corrected chi connectivity index (χ2v) is 6.92. The van der Waals surface area contributed by atoms with Crippen LogP contribution in [0.15, 0.2) is 100 Å². The molecule has 4 aromatic rings. The molecule has 32 heavy (non-hydrogen) atoms. The lowest BCUT2D eigenvalue weighted by Crippen LogP contribution is -2.36. The van der Waals surface area contributed by atoms with Crippen molar-refractivity contribution in [2.24, 2.45) is 0 Å². The molecule has 0 saturated carbocycles. The first kappa shape index (κ1) is 20.9. The smallest absolute Gasteiger partial charge is 0.408 e. The molecule has 0 aliphatic heterocycles. The predicted octanol–water partition coefficient (Wildman–Crippen LogP) is 4.37. The van der Waals surface area contributed by atoms with Gasteiger partial charge in [-0.2, -0.15) is 0 Å². The maximum atomic E-state index is 12.9. The molecule has 0 spiro atoms. The summed E-state index contributed by atoms with van der Waals surface area (Å²) in [5.74, 6) is -0.539. The quantitative estimate of drug-likeness (QED) is 0.278. The van der Waals surface area contributed by atoms with Gasteiger partial charge in [0.15, 0.2) is 6.04 Å². The molecule has 1 N–H and O–H groups in total. The molecule has 160 valence electrons. The summed E-state index contributed by atoms with van der Waals surface area (Å²) in [6, 6.07) is 24.4. The zero-order chi connectivity index (χ0) is 22.3. The highest BCUT2D eigenvalue weighted by Crippen LogP contribution is 2.22. The van der Waals surface area contributed by atoms with Crippen LogP contribution in [0, 0.1) is 0 Å². The standard InChI is InChI=1S/C25H19NO6/c27-22-14-12-18-11-13-20(15-21(18)32-22)31-24(28)23(19-9-5-2-6-10-19)26-25(29)30-16-17-7-3-1-4-8-17/h1-15,23H,16H2,(H,26,29)/t23-/m0/s1. The summed E-state index contributed by atoms with van der Waals surface area (Å²) in [6.45, 7) is 0.0624. The number of nitrogens with one attached hydrogen (secondary N) is 1. The van der Waals surface area contributed by atoms with Crippen LogP contribution in [0.3, 0.4) is 0 Å². The Kier molecular flexibility index (Phi) is 6.27. The lowest BCUT2D eigenvalue weighted by Gasteiger charge is -2.18. The molecule has 0 unspecified atom stereocenters. The summed E-state index contributed by atoms with van der Waals surface area (Å²) in [5, 5.41) is 3.25. The van der Waals surface area contributed by atoms with Gasteiger partial charge < -0.3 is 19.2 Å². The molecule has 1 heterocycles. The van der Waals surface area contributed by atoms with Crippen LogP contribution >= 0.6 is 0 Å². The van der Waals surface area contributed by atoms with Crippen molar-refractivity contribution in [2.45, 2.75) is 12.6 Å². The van der Waals surface area contributed by atoms with Crippen LogP contribution in [0.25, 0.3) is 11.0 Å². The molecular formula is C25H19NO6. The molecule has 3 aromatic carbocycles. The fraction of sp³-hybridized carbons (Fsp3) is 0.0800. The first-order valence-electron chi connectivity index (χ1n) is 9.86. The Balaban J connectivity index is 1.50. The number of carbonyl (C=O) groups excluding carboxylic acids is 2. The van der Waals surface area contributed by atoms with Crippen LogP contribution in [0.1, 0.15) is 17.2 Å². The number of amides is 1. The number of carbonyl (C=O) groups is 2. The molecule has 7 heteroatoms. The van der Waals surface area contributed by atoms with E-state index in [1.165, 1.54) is 12.1 Å². The van der Waals surface area contributed by atoms with Crippen LogP contribution in [-0.2, 0) is 16.1 Å². The summed E-state index contributed by atoms with van der Waals surface area (Å²) in [4.78, 5) is 36.8. The van der Waals surface area contributed by atoms with Crippen molar-refractivity contribution in [3.63, 3.8) is 0 Å². The third-order valence-electron chi connectivity index (χ3n) is 4.66. The molecule has 1 atom stereocenters. The minimum Gasteiger partial charge on any atom is -0.445 e. The lowest BCUT2D eigenvalue weighted by atomic mass is 10.1. The highest BCUT2D eigenvalue weighted by molar-refractivity contribution is 5.85. The highest BCUT2D eigenvalue weighted by atomic mass is 16.6. The SMILES string of the molecule is O=C(N[C@H](C(=O)Oc1ccc2ccc(=O)oc2c1)c1ccccc1)OCc1ccccc1. The molecule has 7 nitrogen and oxygen atoms in total. The normalized spacial score (nSPS) is 11.5. The van der Waals surface area contributed by atoms with Crippen molar-refractivity contribution in [3.8, 4) is 5.75 Å². The fourth-order valence-corrected chi connectivity index (χ4v) is 3.09. The van der Waals surface area contributed by atoms with Gasteiger partial charge in [0.2, 0.25) is 0 Å². The van der Waals surface area contributed by atoms with E-state index in [9.17, 15) is 14.4 Å². The van der Waals surface area contributed by atoms with Gasteiger partial charge in [0.25, 0.3) is 0 Å². The van der Waals surface area contributed by atoms with Gasteiger partial charge in [-0.3, -0.25) is 0 Å². The van der Waals surface area contributed by atoms with Crippen LogP contribution < -0.4 is 15.7 Å². The third kappa shape index (κ3) is 5.20. The number of hydrogen-bond donors (Lipinski definition) is 1. The summed E-state index contributed by atoms with van der Waals surface area (Å²) >= 11 is 0. The largest absolute Gasteiger partial charge is 0.445 e. The highest BCUT2D eigenvalue weighted by Gasteiger charge is 2.25. The topological polar surface area (TPSA) is 94.8 Å². The Morgan fingerprint density at radius 1 is 0.875 bits per heavy atom. The molecule has 0 aliphatic carbocycles. The zero-order valence-corrected chi connectivity index (χ0v) is 16.9. The molecular weight excluding hydrogens is 410 g/mol. The van der Waals surface area contributed by atoms with Gasteiger partial charge >= 0.3 is 17.7 Å². The molecule has 0 fully saturated rings. The van der Waals surface area contributed by atoms with Gasteiger partial charge in [0, 0.05) is 17.5 Å². The van der Waals surface area contributed by atoms with Crippen LogP contribution in [-0.4, -0.2) is 12.1 Å². The van der Waals surface area contributed by atoms with E-state index in [0.717, 1.165) is 5.56 Å². The monoisotopic (exact) mass is 429 g/mol. The van der Waals surface area contributed by atoms with E-state index in [0.29, 0.717) is 10.9 Å². The van der Waals surface area contributed by atoms with Crippen molar-refractivity contribution in [1.82, 2.24) is 5.32 Å². The average Bonchev–Trinajstić information content (AvgIpc) is 2.82. The maximum Gasteiger partial charge on any atom is 0.408 e. The van der Waals surface area contributed by atoms with Crippen LogP contribution in [0.2, 0.25) is 0 Å². The molecule has 0 bridgehead atoms. The second-order valence-electron chi connectivity index (χ2n) is 6.92. The van der Waals surface area contributed by atoms with Gasteiger partial charge in [-0.25, -0.2) is 14.4 Å². The Morgan fingerprint density at radius 2 is 1.56 bits per heavy atom. The first-order chi connectivity index (χ1) is 15.6. The molecule has 0 radical (unpaired) electrons. The van der Waals surface area contributed by atoms with Gasteiger partial charge in [-0.1, -0.05) is 60.7 Å². The van der Waals surface area contributed by atoms with Gasteiger partial charge in [-0.15, -0.1) is 0 Å². The Labute approximate surface area is 183 Å². The number of hydrogen-bond acceptors (Lipinski definition) is 6. The second kappa shape index (κ2) is 9.61. The minimum atomic E-state index is -1.10. The number of alkyl carbamates (subject to hydrolysis) is 1. The minimum absolute atomic E-state index is 0.0624. The summed E-state index contributed by atoms with van der Waals surface area (Å²) in [5.41, 5.74) is 1.13. The van der Waals surface area contributed by atoms with E-state index < -0.39 is 23.7 Å². The van der Waals surface area contributed by atoms with Gasteiger partial charge in [-0.05, 0) is 29.3 Å². The predicted molar refractivity (Wildman–Crippen MR) is 117 cm³/mol. The third-order valence-corrected chi connectivity index (χ3v) is 4.66. The molecule has 1 amide bonds. The Hall–Kier alpha value is -4.39. The summed E-state index contributed by atoms with van der Waals surface area (Å²) < 4.78 is 15.8. The molecule has 4 rings (SSSR count). The molecule has 0 saturated heterocycles. The number of rotatable bonds is 6.